The summed E-state index contributed by atoms with van der Waals surface area (Å²) in [4.78, 5) is 0. The molecule has 3 aliphatic carbocycles. The Morgan fingerprint density at radius 3 is 2.69 bits per heavy atom. The zero-order chi connectivity index (χ0) is 20.8. The van der Waals surface area contributed by atoms with Crippen molar-refractivity contribution in [3.8, 4) is 0 Å². The second-order valence-corrected chi connectivity index (χ2v) is 11.3. The van der Waals surface area contributed by atoms with E-state index in [9.17, 15) is 5.11 Å². The van der Waals surface area contributed by atoms with E-state index in [2.05, 4.69) is 46.4 Å². The van der Waals surface area contributed by atoms with Crippen molar-refractivity contribution in [1.82, 2.24) is 0 Å². The van der Waals surface area contributed by atoms with E-state index in [-0.39, 0.29) is 6.10 Å². The normalized spacial score (nSPS) is 43.0. The van der Waals surface area contributed by atoms with Crippen molar-refractivity contribution in [2.45, 2.75) is 104 Å². The predicted octanol–water partition coefficient (Wildman–Crippen LogP) is 6.96. The topological polar surface area (TPSA) is 29.5 Å². The number of allylic oxidation sites excluding steroid dienone is 3. The number of rotatable bonds is 6. The van der Waals surface area contributed by atoms with Crippen LogP contribution in [0.4, 0.5) is 0 Å². The summed E-state index contributed by atoms with van der Waals surface area (Å²) in [6.45, 7) is 14.0. The largest absolute Gasteiger partial charge is 0.365 e. The maximum absolute atomic E-state index is 10.3. The van der Waals surface area contributed by atoms with Crippen molar-refractivity contribution in [2.75, 3.05) is 0 Å². The number of aliphatic hydroxyl groups is 1. The van der Waals surface area contributed by atoms with E-state index in [1.807, 2.05) is 0 Å². The lowest BCUT2D eigenvalue weighted by Gasteiger charge is -2.50. The van der Waals surface area contributed by atoms with E-state index >= 15 is 0 Å². The van der Waals surface area contributed by atoms with Crippen LogP contribution in [-0.2, 0) is 4.74 Å². The van der Waals surface area contributed by atoms with Crippen LogP contribution in [0.1, 0.15) is 91.9 Å². The Balaban J connectivity index is 1.45. The van der Waals surface area contributed by atoms with Gasteiger partial charge >= 0.3 is 0 Å². The van der Waals surface area contributed by atoms with Gasteiger partial charge in [0.15, 0.2) is 5.79 Å². The smallest absolute Gasteiger partial charge is 0.173 e. The van der Waals surface area contributed by atoms with Crippen LogP contribution in [0.25, 0.3) is 0 Å². The highest BCUT2D eigenvalue weighted by Crippen LogP contribution is 2.60. The number of hydrogen-bond donors (Lipinski definition) is 1. The van der Waals surface area contributed by atoms with Crippen molar-refractivity contribution in [2.24, 2.45) is 29.1 Å². The summed E-state index contributed by atoms with van der Waals surface area (Å²) in [7, 11) is 0. The van der Waals surface area contributed by atoms with Crippen molar-refractivity contribution in [3.63, 3.8) is 0 Å². The predicted molar refractivity (Wildman–Crippen MR) is 120 cm³/mol. The average Bonchev–Trinajstić information content (AvgIpc) is 2.98. The van der Waals surface area contributed by atoms with Crippen molar-refractivity contribution < 1.29 is 9.84 Å². The van der Waals surface area contributed by atoms with Crippen LogP contribution in [0.3, 0.4) is 0 Å². The summed E-state index contributed by atoms with van der Waals surface area (Å²) in [5.74, 6) is 2.38. The molecule has 2 bridgehead atoms. The molecule has 5 rings (SSSR count). The van der Waals surface area contributed by atoms with Crippen LogP contribution in [0, 0.1) is 29.1 Å². The van der Waals surface area contributed by atoms with Crippen molar-refractivity contribution in [1.29, 1.82) is 0 Å². The molecule has 1 N–H and O–H groups in total. The summed E-state index contributed by atoms with van der Waals surface area (Å²) in [5.41, 5.74) is 4.42. The first kappa shape index (κ1) is 21.4. The first-order valence-electron chi connectivity index (χ1n) is 12.2. The summed E-state index contributed by atoms with van der Waals surface area (Å²) >= 11 is 0. The Morgan fingerprint density at radius 2 is 1.97 bits per heavy atom. The van der Waals surface area contributed by atoms with Gasteiger partial charge in [-0.05, 0) is 72.3 Å². The van der Waals surface area contributed by atoms with Gasteiger partial charge in [0.2, 0.25) is 0 Å². The van der Waals surface area contributed by atoms with Crippen LogP contribution in [-0.4, -0.2) is 17.0 Å². The van der Waals surface area contributed by atoms with E-state index in [1.165, 1.54) is 56.9 Å². The average molecular weight is 399 g/mol. The fourth-order valence-electron chi connectivity index (χ4n) is 7.11. The molecule has 2 heteroatoms. The lowest BCUT2D eigenvalue weighted by atomic mass is 9.60. The Kier molecular flexibility index (Phi) is 5.90. The van der Waals surface area contributed by atoms with Crippen LogP contribution in [0.2, 0.25) is 0 Å². The summed E-state index contributed by atoms with van der Waals surface area (Å²) in [5, 5.41) is 10.3. The molecule has 1 unspecified atom stereocenters. The minimum Gasteiger partial charge on any atom is -0.365 e. The third-order valence-corrected chi connectivity index (χ3v) is 8.80. The van der Waals surface area contributed by atoms with E-state index < -0.39 is 5.79 Å². The third-order valence-electron chi connectivity index (χ3n) is 8.80. The Bertz CT molecular complexity index is 693. The van der Waals surface area contributed by atoms with Gasteiger partial charge in [-0.2, -0.15) is 0 Å². The molecule has 162 valence electrons. The molecule has 6 atom stereocenters. The molecule has 3 saturated carbocycles. The molecule has 0 amide bonds. The van der Waals surface area contributed by atoms with Gasteiger partial charge < -0.3 is 9.84 Å². The molecule has 29 heavy (non-hydrogen) atoms. The molecule has 5 aliphatic rings. The second kappa shape index (κ2) is 8.00. The minimum atomic E-state index is -0.916. The molecular weight excluding hydrogens is 356 g/mol. The van der Waals surface area contributed by atoms with E-state index in [1.54, 1.807) is 5.57 Å². The molecule has 0 aromatic carbocycles. The summed E-state index contributed by atoms with van der Waals surface area (Å²) < 4.78 is 5.56. The zero-order valence-corrected chi connectivity index (χ0v) is 19.2. The molecule has 2 saturated heterocycles. The van der Waals surface area contributed by atoms with Crippen LogP contribution in [0.15, 0.2) is 35.5 Å². The molecule has 0 aromatic heterocycles. The molecule has 2 aliphatic heterocycles. The first-order valence-corrected chi connectivity index (χ1v) is 12.2. The van der Waals surface area contributed by atoms with Gasteiger partial charge in [-0.15, -0.1) is 0 Å². The molecule has 0 spiro atoms. The van der Waals surface area contributed by atoms with Gasteiger partial charge in [0, 0.05) is 12.8 Å². The fourth-order valence-corrected chi connectivity index (χ4v) is 7.11. The van der Waals surface area contributed by atoms with E-state index in [4.69, 9.17) is 4.74 Å². The van der Waals surface area contributed by atoms with Crippen molar-refractivity contribution in [3.05, 3.63) is 35.5 Å². The molecule has 5 fully saturated rings. The molecular formula is C27H42O2. The van der Waals surface area contributed by atoms with Crippen molar-refractivity contribution >= 4 is 0 Å². The van der Waals surface area contributed by atoms with E-state index in [0.29, 0.717) is 11.8 Å². The highest BCUT2D eigenvalue weighted by atomic mass is 16.7. The first-order chi connectivity index (χ1) is 13.7. The second-order valence-electron chi connectivity index (χ2n) is 11.3. The SMILES string of the molecule is C=C1/C(=C/C=C2\CCC[C@]3(C)[C@@H]([C@H](C)CCCC(C)C)CC[C@@H]23)C[C@@]2(O)CC1O2. The molecule has 0 radical (unpaired) electrons. The fraction of sp³-hybridized carbons (Fsp3) is 0.778. The third kappa shape index (κ3) is 4.04. The lowest BCUT2D eigenvalue weighted by Crippen LogP contribution is -2.55. The lowest BCUT2D eigenvalue weighted by molar-refractivity contribution is -0.317. The number of fused-ring (bicyclic) bond motifs is 3. The van der Waals surface area contributed by atoms with Gasteiger partial charge in [0.25, 0.3) is 0 Å². The summed E-state index contributed by atoms with van der Waals surface area (Å²) in [6.07, 6.45) is 16.9. The molecule has 2 heterocycles. The highest BCUT2D eigenvalue weighted by molar-refractivity contribution is 5.42. The van der Waals surface area contributed by atoms with Crippen LogP contribution in [0.5, 0.6) is 0 Å². The Hall–Kier alpha value is -0.860. The zero-order valence-electron chi connectivity index (χ0n) is 19.2. The molecule has 2 nitrogen and oxygen atoms in total. The van der Waals surface area contributed by atoms with Crippen LogP contribution >= 0.6 is 0 Å². The van der Waals surface area contributed by atoms with E-state index in [0.717, 1.165) is 35.7 Å². The standard InChI is InChI=1S/C27H42O2/c1-18(2)8-6-9-19(3)23-13-14-24-21(10-7-15-26(23,24)5)11-12-22-16-27(28)17-25(29-27)20(22)4/h11-12,18-19,23-25,28H,4,6-10,13-17H2,1-3,5H3/b21-11+,22-12+/t19-,23-,24+,25?,26-,27+/m1/s1. The Labute approximate surface area is 178 Å². The maximum Gasteiger partial charge on any atom is 0.173 e. The van der Waals surface area contributed by atoms with Gasteiger partial charge in [-0.3, -0.25) is 0 Å². The Morgan fingerprint density at radius 1 is 1.21 bits per heavy atom. The molecule has 0 aromatic rings. The van der Waals surface area contributed by atoms with Gasteiger partial charge in [0.1, 0.15) is 0 Å². The maximum atomic E-state index is 10.3. The van der Waals surface area contributed by atoms with Gasteiger partial charge in [-0.25, -0.2) is 0 Å². The highest BCUT2D eigenvalue weighted by Gasteiger charge is 2.52. The van der Waals surface area contributed by atoms with Gasteiger partial charge in [0.05, 0.1) is 6.10 Å². The number of hydrogen-bond acceptors (Lipinski definition) is 2. The van der Waals surface area contributed by atoms with Gasteiger partial charge in [-0.1, -0.05) is 71.3 Å². The van der Waals surface area contributed by atoms with Crippen LogP contribution < -0.4 is 0 Å². The monoisotopic (exact) mass is 398 g/mol. The minimum absolute atomic E-state index is 0.0394. The quantitative estimate of drug-likeness (QED) is 0.524. The number of ether oxygens (including phenoxy) is 1. The summed E-state index contributed by atoms with van der Waals surface area (Å²) in [6, 6.07) is 0.